The van der Waals surface area contributed by atoms with E-state index >= 15 is 0 Å². The molecular weight excluding hydrogens is 182 g/mol. The van der Waals surface area contributed by atoms with Gasteiger partial charge in [-0.3, -0.25) is 4.79 Å². The largest absolute Gasteiger partial charge is 0.477 e. The molecule has 0 saturated heterocycles. The quantitative estimate of drug-likeness (QED) is 0.732. The molecule has 4 nitrogen and oxygen atoms in total. The zero-order valence-electron chi connectivity index (χ0n) is 7.86. The third-order valence-corrected chi connectivity index (χ3v) is 1.69. The molecule has 0 amide bonds. The summed E-state index contributed by atoms with van der Waals surface area (Å²) < 4.78 is 1.33. The Morgan fingerprint density at radius 1 is 1.64 bits per heavy atom. The van der Waals surface area contributed by atoms with Crippen molar-refractivity contribution in [2.75, 3.05) is 0 Å². The Morgan fingerprint density at radius 3 is 2.79 bits per heavy atom. The minimum Gasteiger partial charge on any atom is -0.477 e. The summed E-state index contributed by atoms with van der Waals surface area (Å²) in [6.45, 7) is 5.78. The van der Waals surface area contributed by atoms with Crippen molar-refractivity contribution in [2.24, 2.45) is 0 Å². The highest BCUT2D eigenvalue weighted by atomic mass is 16.4. The molecule has 1 aromatic rings. The maximum Gasteiger partial charge on any atom is 0.341 e. The summed E-state index contributed by atoms with van der Waals surface area (Å²) in [4.78, 5) is 22.1. The van der Waals surface area contributed by atoms with Gasteiger partial charge < -0.3 is 9.67 Å². The predicted octanol–water partition coefficient (Wildman–Crippen LogP) is 1.12. The van der Waals surface area contributed by atoms with Gasteiger partial charge in [-0.15, -0.1) is 0 Å². The van der Waals surface area contributed by atoms with Crippen LogP contribution in [-0.2, 0) is 6.54 Å². The van der Waals surface area contributed by atoms with Crippen molar-refractivity contribution < 1.29 is 9.90 Å². The Bertz CT molecular complexity index is 431. The fraction of sp³-hybridized carbons (Fsp3) is 0.200. The molecule has 1 heterocycles. The van der Waals surface area contributed by atoms with Crippen LogP contribution in [0.25, 0.3) is 0 Å². The van der Waals surface area contributed by atoms with E-state index in [0.717, 1.165) is 5.57 Å². The summed E-state index contributed by atoms with van der Waals surface area (Å²) >= 11 is 0. The molecule has 74 valence electrons. The third kappa shape index (κ3) is 2.10. The molecule has 1 N–H and O–H groups in total. The van der Waals surface area contributed by atoms with Gasteiger partial charge >= 0.3 is 5.97 Å². The van der Waals surface area contributed by atoms with Crippen LogP contribution < -0.4 is 5.56 Å². The topological polar surface area (TPSA) is 59.3 Å². The normalized spacial score (nSPS) is 9.79. The number of hydrogen-bond donors (Lipinski definition) is 1. The van der Waals surface area contributed by atoms with E-state index < -0.39 is 11.5 Å². The highest BCUT2D eigenvalue weighted by Gasteiger charge is 2.09. The van der Waals surface area contributed by atoms with Gasteiger partial charge in [0.1, 0.15) is 5.56 Å². The molecule has 4 heteroatoms. The number of aromatic nitrogens is 1. The van der Waals surface area contributed by atoms with Gasteiger partial charge in [-0.25, -0.2) is 4.79 Å². The second-order valence-corrected chi connectivity index (χ2v) is 3.12. The maximum atomic E-state index is 11.5. The summed E-state index contributed by atoms with van der Waals surface area (Å²) in [5.74, 6) is -1.20. The van der Waals surface area contributed by atoms with Gasteiger partial charge in [-0.1, -0.05) is 12.2 Å². The number of nitrogens with zero attached hydrogens (tertiary/aromatic N) is 1. The minimum atomic E-state index is -1.20. The standard InChI is InChI=1S/C10H11NO3/c1-7(2)6-11-5-3-4-8(9(11)12)10(13)14/h3-5H,1,6H2,2H3,(H,13,14). The van der Waals surface area contributed by atoms with Gasteiger partial charge in [0.05, 0.1) is 0 Å². The average Bonchev–Trinajstić information content (AvgIpc) is 2.07. The first-order valence-electron chi connectivity index (χ1n) is 4.09. The number of allylic oxidation sites excluding steroid dienone is 1. The van der Waals surface area contributed by atoms with Crippen LogP contribution >= 0.6 is 0 Å². The van der Waals surface area contributed by atoms with Crippen LogP contribution in [0, 0.1) is 0 Å². The second kappa shape index (κ2) is 3.91. The molecule has 14 heavy (non-hydrogen) atoms. The van der Waals surface area contributed by atoms with E-state index in [2.05, 4.69) is 6.58 Å². The Morgan fingerprint density at radius 2 is 2.29 bits per heavy atom. The lowest BCUT2D eigenvalue weighted by Gasteiger charge is -2.05. The van der Waals surface area contributed by atoms with E-state index in [9.17, 15) is 9.59 Å². The number of pyridine rings is 1. The van der Waals surface area contributed by atoms with Crippen LogP contribution in [0.3, 0.4) is 0 Å². The Hall–Kier alpha value is -1.84. The van der Waals surface area contributed by atoms with Crippen molar-refractivity contribution in [3.05, 3.63) is 46.4 Å². The number of carbonyl (C=O) groups is 1. The molecule has 0 aliphatic heterocycles. The summed E-state index contributed by atoms with van der Waals surface area (Å²) in [6, 6.07) is 2.83. The Labute approximate surface area is 81.1 Å². The van der Waals surface area contributed by atoms with Crippen LogP contribution in [0.4, 0.5) is 0 Å². The van der Waals surface area contributed by atoms with Crippen molar-refractivity contribution in [1.82, 2.24) is 4.57 Å². The lowest BCUT2D eigenvalue weighted by molar-refractivity contribution is 0.0694. The van der Waals surface area contributed by atoms with Gasteiger partial charge in [-0.2, -0.15) is 0 Å². The van der Waals surface area contributed by atoms with E-state index in [4.69, 9.17) is 5.11 Å². The molecule has 0 fully saturated rings. The van der Waals surface area contributed by atoms with E-state index in [1.807, 2.05) is 0 Å². The minimum absolute atomic E-state index is 0.214. The first kappa shape index (κ1) is 10.2. The molecular formula is C10H11NO3. The number of carboxylic acid groups (broad SMARTS) is 1. The number of hydrogen-bond acceptors (Lipinski definition) is 2. The van der Waals surface area contributed by atoms with Crippen LogP contribution in [0.1, 0.15) is 17.3 Å². The van der Waals surface area contributed by atoms with E-state index in [1.165, 1.54) is 16.7 Å². The predicted molar refractivity (Wildman–Crippen MR) is 52.5 cm³/mol. The fourth-order valence-corrected chi connectivity index (χ4v) is 1.11. The molecule has 0 unspecified atom stereocenters. The second-order valence-electron chi connectivity index (χ2n) is 3.12. The average molecular weight is 193 g/mol. The number of rotatable bonds is 3. The van der Waals surface area contributed by atoms with E-state index in [-0.39, 0.29) is 5.56 Å². The van der Waals surface area contributed by atoms with Crippen molar-refractivity contribution in [3.63, 3.8) is 0 Å². The van der Waals surface area contributed by atoms with Gasteiger partial charge in [0.2, 0.25) is 0 Å². The summed E-state index contributed by atoms with van der Waals surface area (Å²) in [6.07, 6.45) is 1.55. The molecule has 1 aromatic heterocycles. The van der Waals surface area contributed by atoms with E-state index in [0.29, 0.717) is 6.54 Å². The van der Waals surface area contributed by atoms with Crippen LogP contribution in [0.15, 0.2) is 35.3 Å². The monoisotopic (exact) mass is 193 g/mol. The molecule has 0 atom stereocenters. The highest BCUT2D eigenvalue weighted by Crippen LogP contribution is 1.95. The van der Waals surface area contributed by atoms with Gasteiger partial charge in [0.15, 0.2) is 0 Å². The molecule has 0 spiro atoms. The van der Waals surface area contributed by atoms with Gasteiger partial charge in [-0.05, 0) is 19.1 Å². The van der Waals surface area contributed by atoms with Crippen molar-refractivity contribution in [3.8, 4) is 0 Å². The molecule has 0 radical (unpaired) electrons. The third-order valence-electron chi connectivity index (χ3n) is 1.69. The van der Waals surface area contributed by atoms with Crippen molar-refractivity contribution >= 4 is 5.97 Å². The molecule has 0 aliphatic carbocycles. The molecule has 0 saturated carbocycles. The van der Waals surface area contributed by atoms with E-state index in [1.54, 1.807) is 13.1 Å². The summed E-state index contributed by atoms with van der Waals surface area (Å²) in [5, 5.41) is 8.69. The van der Waals surface area contributed by atoms with Crippen molar-refractivity contribution in [2.45, 2.75) is 13.5 Å². The first-order valence-corrected chi connectivity index (χ1v) is 4.09. The maximum absolute atomic E-state index is 11.5. The highest BCUT2D eigenvalue weighted by molar-refractivity contribution is 5.86. The van der Waals surface area contributed by atoms with Crippen molar-refractivity contribution in [1.29, 1.82) is 0 Å². The number of carboxylic acids is 1. The smallest absolute Gasteiger partial charge is 0.341 e. The first-order chi connectivity index (χ1) is 6.52. The summed E-state index contributed by atoms with van der Waals surface area (Å²) in [7, 11) is 0. The molecule has 0 bridgehead atoms. The zero-order valence-corrected chi connectivity index (χ0v) is 7.86. The summed E-state index contributed by atoms with van der Waals surface area (Å²) in [5.41, 5.74) is 0.0892. The zero-order chi connectivity index (χ0) is 10.7. The van der Waals surface area contributed by atoms with Crippen LogP contribution in [0.2, 0.25) is 0 Å². The Kier molecular flexibility index (Phi) is 2.86. The van der Waals surface area contributed by atoms with Crippen LogP contribution in [0.5, 0.6) is 0 Å². The lowest BCUT2D eigenvalue weighted by atomic mass is 10.2. The SMILES string of the molecule is C=C(C)Cn1cccc(C(=O)O)c1=O. The Balaban J connectivity index is 3.21. The van der Waals surface area contributed by atoms with Gasteiger partial charge in [0, 0.05) is 12.7 Å². The molecule has 1 rings (SSSR count). The molecule has 0 aromatic carbocycles. The van der Waals surface area contributed by atoms with Gasteiger partial charge in [0.25, 0.3) is 5.56 Å². The van der Waals surface area contributed by atoms with Crippen LogP contribution in [-0.4, -0.2) is 15.6 Å². The molecule has 0 aliphatic rings. The lowest BCUT2D eigenvalue weighted by Crippen LogP contribution is -2.25. The fourth-order valence-electron chi connectivity index (χ4n) is 1.11. The number of aromatic carboxylic acids is 1.